The summed E-state index contributed by atoms with van der Waals surface area (Å²) >= 11 is 0. The molecule has 0 atom stereocenters. The molecular weight excluding hydrogens is 653 g/mol. The van der Waals surface area contributed by atoms with Gasteiger partial charge in [-0.05, 0) is 87.1 Å². The first-order valence-electron chi connectivity index (χ1n) is 18.6. The van der Waals surface area contributed by atoms with Crippen molar-refractivity contribution in [3.63, 3.8) is 0 Å². The summed E-state index contributed by atoms with van der Waals surface area (Å²) in [4.78, 5) is 0. The van der Waals surface area contributed by atoms with E-state index in [1.807, 2.05) is 0 Å². The minimum absolute atomic E-state index is 1.15. The lowest BCUT2D eigenvalue weighted by Gasteiger charge is -2.16. The highest BCUT2D eigenvalue weighted by molar-refractivity contribution is 6.22. The second-order valence-corrected chi connectivity index (χ2v) is 14.1. The van der Waals surface area contributed by atoms with E-state index in [2.05, 4.69) is 215 Å². The molecule has 2 nitrogen and oxygen atoms in total. The van der Waals surface area contributed by atoms with E-state index in [0.29, 0.717) is 0 Å². The van der Waals surface area contributed by atoms with Gasteiger partial charge in [0.1, 0.15) is 0 Å². The molecule has 0 aliphatic carbocycles. The van der Waals surface area contributed by atoms with E-state index in [9.17, 15) is 0 Å². The number of fused-ring (bicyclic) bond motifs is 7. The standard InChI is InChI=1S/C52H34N2/c1-3-14-35(15-4-1)37-26-29-41(30-27-37)53-48-24-11-9-22-44(48)46-31-28-40(34-50(46)53)51-43-21-8-7-18-39(43)33-47-45-23-10-12-25-49(45)54(52(47)51)42-20-13-19-38(32-42)36-16-5-2-6-17-36/h1-34H. The Kier molecular flexibility index (Phi) is 6.90. The van der Waals surface area contributed by atoms with Gasteiger partial charge in [0.25, 0.3) is 0 Å². The molecule has 11 aromatic rings. The molecular formula is C52H34N2. The third-order valence-corrected chi connectivity index (χ3v) is 11.1. The number of aromatic nitrogens is 2. The van der Waals surface area contributed by atoms with Crippen LogP contribution in [0.4, 0.5) is 0 Å². The van der Waals surface area contributed by atoms with E-state index >= 15 is 0 Å². The molecule has 0 aliphatic rings. The van der Waals surface area contributed by atoms with E-state index in [0.717, 1.165) is 11.4 Å². The third kappa shape index (κ3) is 4.74. The molecule has 0 fully saturated rings. The highest BCUT2D eigenvalue weighted by Gasteiger charge is 2.21. The predicted octanol–water partition coefficient (Wildman–Crippen LogP) is 14.0. The Bertz CT molecular complexity index is 3180. The first kappa shape index (κ1) is 30.5. The third-order valence-electron chi connectivity index (χ3n) is 11.1. The SMILES string of the molecule is c1ccc(-c2ccc(-n3c4ccccc4c4ccc(-c5c6ccccc6cc6c7ccccc7n(-c7cccc(-c8ccccc8)c7)c56)cc43)cc2)cc1. The van der Waals surface area contributed by atoms with Gasteiger partial charge in [0, 0.05) is 38.5 Å². The molecule has 54 heavy (non-hydrogen) atoms. The van der Waals surface area contributed by atoms with E-state index in [-0.39, 0.29) is 0 Å². The maximum atomic E-state index is 2.49. The zero-order chi connectivity index (χ0) is 35.6. The molecule has 2 aromatic heterocycles. The molecule has 11 rings (SSSR count). The summed E-state index contributed by atoms with van der Waals surface area (Å²) in [7, 11) is 0. The van der Waals surface area contributed by atoms with Gasteiger partial charge in [-0.3, -0.25) is 0 Å². The van der Waals surface area contributed by atoms with Crippen molar-refractivity contribution in [1.29, 1.82) is 0 Å². The number of hydrogen-bond acceptors (Lipinski definition) is 0. The average molecular weight is 687 g/mol. The Balaban J connectivity index is 1.21. The van der Waals surface area contributed by atoms with E-state index in [4.69, 9.17) is 0 Å². The van der Waals surface area contributed by atoms with Crippen molar-refractivity contribution >= 4 is 54.4 Å². The van der Waals surface area contributed by atoms with Gasteiger partial charge in [-0.25, -0.2) is 0 Å². The average Bonchev–Trinajstić information content (AvgIpc) is 3.76. The van der Waals surface area contributed by atoms with Gasteiger partial charge in [-0.1, -0.05) is 158 Å². The van der Waals surface area contributed by atoms with Crippen LogP contribution in [0.3, 0.4) is 0 Å². The molecule has 2 heteroatoms. The fourth-order valence-corrected chi connectivity index (χ4v) is 8.64. The van der Waals surface area contributed by atoms with Gasteiger partial charge >= 0.3 is 0 Å². The summed E-state index contributed by atoms with van der Waals surface area (Å²) in [6, 6.07) is 75.2. The molecule has 0 amide bonds. The second kappa shape index (κ2) is 12.2. The molecule has 9 aromatic carbocycles. The van der Waals surface area contributed by atoms with Gasteiger partial charge in [0.2, 0.25) is 0 Å². The first-order chi connectivity index (χ1) is 26.8. The monoisotopic (exact) mass is 686 g/mol. The van der Waals surface area contributed by atoms with Crippen molar-refractivity contribution in [2.45, 2.75) is 0 Å². The van der Waals surface area contributed by atoms with Crippen LogP contribution in [0.5, 0.6) is 0 Å². The Hall–Kier alpha value is -7.16. The molecule has 0 bridgehead atoms. The van der Waals surface area contributed by atoms with Crippen LogP contribution in [-0.4, -0.2) is 9.13 Å². The normalized spacial score (nSPS) is 11.7. The summed E-state index contributed by atoms with van der Waals surface area (Å²) < 4.78 is 4.92. The molecule has 0 saturated heterocycles. The van der Waals surface area contributed by atoms with Crippen LogP contribution in [0, 0.1) is 0 Å². The number of rotatable bonds is 5. The highest BCUT2D eigenvalue weighted by Crippen LogP contribution is 2.44. The van der Waals surface area contributed by atoms with Gasteiger partial charge in [0.15, 0.2) is 0 Å². The molecule has 0 spiro atoms. The van der Waals surface area contributed by atoms with Crippen molar-refractivity contribution in [1.82, 2.24) is 9.13 Å². The van der Waals surface area contributed by atoms with E-state index in [1.165, 1.54) is 87.8 Å². The molecule has 0 aliphatic heterocycles. The lowest BCUT2D eigenvalue weighted by molar-refractivity contribution is 1.18. The van der Waals surface area contributed by atoms with Crippen molar-refractivity contribution < 1.29 is 0 Å². The second-order valence-electron chi connectivity index (χ2n) is 14.1. The van der Waals surface area contributed by atoms with Gasteiger partial charge in [-0.2, -0.15) is 0 Å². The van der Waals surface area contributed by atoms with Gasteiger partial charge < -0.3 is 9.13 Å². The quantitative estimate of drug-likeness (QED) is 0.171. The molecule has 2 heterocycles. The van der Waals surface area contributed by atoms with Crippen molar-refractivity contribution in [2.24, 2.45) is 0 Å². The summed E-state index contributed by atoms with van der Waals surface area (Å²) in [5.74, 6) is 0. The van der Waals surface area contributed by atoms with Crippen LogP contribution in [0.1, 0.15) is 0 Å². The van der Waals surface area contributed by atoms with Crippen LogP contribution in [0.25, 0.3) is 99.1 Å². The van der Waals surface area contributed by atoms with Crippen LogP contribution in [0.2, 0.25) is 0 Å². The predicted molar refractivity (Wildman–Crippen MR) is 229 cm³/mol. The molecule has 0 radical (unpaired) electrons. The summed E-state index contributed by atoms with van der Waals surface area (Å²) in [6.07, 6.45) is 0. The fourth-order valence-electron chi connectivity index (χ4n) is 8.64. The Morgan fingerprint density at radius 3 is 1.54 bits per heavy atom. The van der Waals surface area contributed by atoms with Crippen molar-refractivity contribution in [3.05, 3.63) is 206 Å². The van der Waals surface area contributed by atoms with E-state index in [1.54, 1.807) is 0 Å². The topological polar surface area (TPSA) is 9.86 Å². The van der Waals surface area contributed by atoms with Gasteiger partial charge in [0.05, 0.1) is 22.1 Å². The summed E-state index contributed by atoms with van der Waals surface area (Å²) in [5.41, 5.74) is 14.4. The van der Waals surface area contributed by atoms with Crippen LogP contribution in [-0.2, 0) is 0 Å². The lowest BCUT2D eigenvalue weighted by atomic mass is 9.94. The first-order valence-corrected chi connectivity index (χ1v) is 18.6. The maximum absolute atomic E-state index is 2.49. The zero-order valence-corrected chi connectivity index (χ0v) is 29.5. The largest absolute Gasteiger partial charge is 0.309 e. The molecule has 0 saturated carbocycles. The highest BCUT2D eigenvalue weighted by atomic mass is 15.0. The van der Waals surface area contributed by atoms with Crippen molar-refractivity contribution in [3.8, 4) is 44.8 Å². The van der Waals surface area contributed by atoms with Crippen LogP contribution < -0.4 is 0 Å². The summed E-state index contributed by atoms with van der Waals surface area (Å²) in [5, 5.41) is 7.47. The van der Waals surface area contributed by atoms with Gasteiger partial charge in [-0.15, -0.1) is 0 Å². The number of para-hydroxylation sites is 2. The molecule has 0 N–H and O–H groups in total. The Morgan fingerprint density at radius 2 is 0.796 bits per heavy atom. The minimum atomic E-state index is 1.15. The van der Waals surface area contributed by atoms with E-state index < -0.39 is 0 Å². The minimum Gasteiger partial charge on any atom is -0.309 e. The fraction of sp³-hybridized carbons (Fsp3) is 0. The van der Waals surface area contributed by atoms with Crippen LogP contribution in [0.15, 0.2) is 206 Å². The van der Waals surface area contributed by atoms with Crippen molar-refractivity contribution in [2.75, 3.05) is 0 Å². The zero-order valence-electron chi connectivity index (χ0n) is 29.5. The molecule has 0 unspecified atom stereocenters. The Morgan fingerprint density at radius 1 is 0.259 bits per heavy atom. The number of nitrogens with zero attached hydrogens (tertiary/aromatic N) is 2. The summed E-state index contributed by atoms with van der Waals surface area (Å²) in [6.45, 7) is 0. The lowest BCUT2D eigenvalue weighted by Crippen LogP contribution is -1.97. The smallest absolute Gasteiger partial charge is 0.0625 e. The van der Waals surface area contributed by atoms with Crippen LogP contribution >= 0.6 is 0 Å². The number of benzene rings is 9. The molecule has 252 valence electrons. The number of hydrogen-bond donors (Lipinski definition) is 0. The maximum Gasteiger partial charge on any atom is 0.0625 e. The Labute approximate surface area is 313 Å².